The molecule has 3 aromatic rings. The molecule has 1 aliphatic rings. The fraction of sp³-hybridized carbons (Fsp3) is 0.320. The molecule has 9 heteroatoms. The van der Waals surface area contributed by atoms with Crippen molar-refractivity contribution in [2.45, 2.75) is 39.2 Å². The molecule has 1 N–H and O–H groups in total. The number of allylic oxidation sites excluding steroid dienone is 1. The van der Waals surface area contributed by atoms with Crippen molar-refractivity contribution in [2.24, 2.45) is 0 Å². The van der Waals surface area contributed by atoms with Crippen LogP contribution >= 0.6 is 0 Å². The molecular formula is C25H27N5O4. The van der Waals surface area contributed by atoms with Crippen LogP contribution in [0.25, 0.3) is 0 Å². The summed E-state index contributed by atoms with van der Waals surface area (Å²) in [6.45, 7) is 8.79. The van der Waals surface area contributed by atoms with E-state index in [4.69, 9.17) is 9.47 Å². The number of ketones is 1. The number of carbonyl (C=O) groups is 2. The van der Waals surface area contributed by atoms with E-state index in [0.717, 1.165) is 11.1 Å². The highest BCUT2D eigenvalue weighted by Gasteiger charge is 2.38. The van der Waals surface area contributed by atoms with E-state index in [2.05, 4.69) is 41.6 Å². The summed E-state index contributed by atoms with van der Waals surface area (Å²) in [7, 11) is 1.26. The Bertz CT molecular complexity index is 1240. The lowest BCUT2D eigenvalue weighted by Gasteiger charge is -2.28. The molecule has 0 amide bonds. The van der Waals surface area contributed by atoms with E-state index < -0.39 is 12.0 Å². The molecule has 0 unspecified atom stereocenters. The van der Waals surface area contributed by atoms with Gasteiger partial charge in [-0.1, -0.05) is 50.1 Å². The van der Waals surface area contributed by atoms with Gasteiger partial charge in [-0.25, -0.2) is 4.79 Å². The summed E-state index contributed by atoms with van der Waals surface area (Å²) in [4.78, 5) is 26.6. The quantitative estimate of drug-likeness (QED) is 0.437. The van der Waals surface area contributed by atoms with Gasteiger partial charge in [-0.15, -0.1) is 0 Å². The van der Waals surface area contributed by atoms with Crippen LogP contribution in [0.2, 0.25) is 0 Å². The van der Waals surface area contributed by atoms with E-state index in [0.29, 0.717) is 17.9 Å². The van der Waals surface area contributed by atoms with E-state index in [1.165, 1.54) is 11.8 Å². The van der Waals surface area contributed by atoms with Gasteiger partial charge in [0.25, 0.3) is 0 Å². The first-order valence-corrected chi connectivity index (χ1v) is 11.0. The summed E-state index contributed by atoms with van der Waals surface area (Å²) in [5, 5.41) is 14.7. The Balaban J connectivity index is 1.86. The number of nitrogens with one attached hydrogen (secondary N) is 1. The molecule has 0 spiro atoms. The van der Waals surface area contributed by atoms with Crippen molar-refractivity contribution in [1.82, 2.24) is 20.2 Å². The van der Waals surface area contributed by atoms with E-state index in [1.807, 2.05) is 31.2 Å². The number of Topliss-reactive ketones (excluding diaryl/α,β-unsaturated/α-hetero) is 1. The molecule has 2 aromatic carbocycles. The van der Waals surface area contributed by atoms with Crippen molar-refractivity contribution in [3.05, 3.63) is 76.5 Å². The topological polar surface area (TPSA) is 108 Å². The second-order valence-corrected chi connectivity index (χ2v) is 8.91. The lowest BCUT2D eigenvalue weighted by Crippen LogP contribution is -2.33. The van der Waals surface area contributed by atoms with Crippen LogP contribution in [0.3, 0.4) is 0 Å². The van der Waals surface area contributed by atoms with Gasteiger partial charge in [-0.2, -0.15) is 4.68 Å². The number of nitrogens with zero attached hydrogens (tertiary/aromatic N) is 4. The molecule has 0 saturated carbocycles. The molecule has 9 nitrogen and oxygen atoms in total. The normalized spacial score (nSPS) is 15.4. The van der Waals surface area contributed by atoms with E-state index in [9.17, 15) is 9.59 Å². The molecule has 0 bridgehead atoms. The minimum absolute atomic E-state index is 0.00795. The van der Waals surface area contributed by atoms with Crippen LogP contribution < -0.4 is 10.1 Å². The van der Waals surface area contributed by atoms with Gasteiger partial charge >= 0.3 is 5.97 Å². The van der Waals surface area contributed by atoms with Crippen LogP contribution in [0.4, 0.5) is 5.95 Å². The number of aromatic nitrogens is 4. The third-order valence-electron chi connectivity index (χ3n) is 5.67. The molecule has 4 rings (SSSR count). The van der Waals surface area contributed by atoms with Crippen LogP contribution in [0.15, 0.2) is 59.8 Å². The van der Waals surface area contributed by atoms with Crippen molar-refractivity contribution in [3.63, 3.8) is 0 Å². The standard InChI is InChI=1S/C25H27N5O4/c1-6-34-18-13-9-16(10-14-18)22(31)19-20(23(32)33-5)26-24-27-28-29-30(24)21(19)15-7-11-17(12-8-15)25(2,3)4/h7-14,21H,6H2,1-5H3,(H,26,27,29)/t21-/m0/s1. The summed E-state index contributed by atoms with van der Waals surface area (Å²) in [6, 6.07) is 13.9. The highest BCUT2D eigenvalue weighted by Crippen LogP contribution is 2.37. The first-order valence-electron chi connectivity index (χ1n) is 11.0. The number of rotatable bonds is 6. The Morgan fingerprint density at radius 2 is 1.74 bits per heavy atom. The number of tetrazole rings is 1. The number of benzene rings is 2. The van der Waals surface area contributed by atoms with Crippen molar-refractivity contribution < 1.29 is 19.1 Å². The first-order chi connectivity index (χ1) is 16.2. The first kappa shape index (κ1) is 23.2. The SMILES string of the molecule is CCOc1ccc(C(=O)C2=C(C(=O)OC)Nc3nnnn3[C@H]2c2ccc(C(C)(C)C)cc2)cc1. The highest BCUT2D eigenvalue weighted by atomic mass is 16.5. The number of anilines is 1. The van der Waals surface area contributed by atoms with Crippen LogP contribution in [0.1, 0.15) is 55.2 Å². The number of fused-ring (bicyclic) bond motifs is 1. The average molecular weight is 462 g/mol. The average Bonchev–Trinajstić information content (AvgIpc) is 3.30. The zero-order valence-electron chi connectivity index (χ0n) is 19.8. The number of esters is 1. The fourth-order valence-corrected chi connectivity index (χ4v) is 3.89. The second-order valence-electron chi connectivity index (χ2n) is 8.91. The lowest BCUT2D eigenvalue weighted by atomic mass is 9.84. The Labute approximate surface area is 197 Å². The van der Waals surface area contributed by atoms with Gasteiger partial charge in [0.15, 0.2) is 5.78 Å². The third-order valence-corrected chi connectivity index (χ3v) is 5.67. The molecule has 34 heavy (non-hydrogen) atoms. The number of methoxy groups -OCH3 is 1. The molecule has 0 fully saturated rings. The predicted molar refractivity (Wildman–Crippen MR) is 126 cm³/mol. The zero-order valence-corrected chi connectivity index (χ0v) is 19.8. The maximum absolute atomic E-state index is 13.8. The van der Waals surface area contributed by atoms with E-state index in [-0.39, 0.29) is 28.4 Å². The maximum Gasteiger partial charge on any atom is 0.355 e. The molecular weight excluding hydrogens is 434 g/mol. The zero-order chi connectivity index (χ0) is 24.5. The van der Waals surface area contributed by atoms with Crippen LogP contribution in [0.5, 0.6) is 5.75 Å². The summed E-state index contributed by atoms with van der Waals surface area (Å²) in [5.74, 6) is -0.129. The Morgan fingerprint density at radius 1 is 1.06 bits per heavy atom. The number of carbonyl (C=O) groups excluding carboxylic acids is 2. The van der Waals surface area contributed by atoms with E-state index >= 15 is 0 Å². The Kier molecular flexibility index (Phi) is 6.19. The number of ether oxygens (including phenoxy) is 2. The Morgan fingerprint density at radius 3 is 2.32 bits per heavy atom. The predicted octanol–water partition coefficient (Wildman–Crippen LogP) is 3.69. The van der Waals surface area contributed by atoms with Gasteiger partial charge in [0, 0.05) is 5.56 Å². The molecule has 176 valence electrons. The highest BCUT2D eigenvalue weighted by molar-refractivity contribution is 6.15. The van der Waals surface area contributed by atoms with Crippen molar-refractivity contribution in [2.75, 3.05) is 19.0 Å². The maximum atomic E-state index is 13.8. The summed E-state index contributed by atoms with van der Waals surface area (Å²) in [6.07, 6.45) is 0. The van der Waals surface area contributed by atoms with Gasteiger partial charge in [0.1, 0.15) is 17.5 Å². The number of hydrogen-bond acceptors (Lipinski definition) is 8. The number of hydrogen-bond donors (Lipinski definition) is 1. The van der Waals surface area contributed by atoms with Crippen molar-refractivity contribution in [3.8, 4) is 5.75 Å². The van der Waals surface area contributed by atoms with Crippen LogP contribution in [0, 0.1) is 0 Å². The minimum Gasteiger partial charge on any atom is -0.494 e. The van der Waals surface area contributed by atoms with Gasteiger partial charge in [0.2, 0.25) is 5.95 Å². The van der Waals surface area contributed by atoms with Gasteiger partial charge < -0.3 is 14.8 Å². The molecule has 1 aliphatic heterocycles. The Hall–Kier alpha value is -4.01. The third kappa shape index (κ3) is 4.28. The van der Waals surface area contributed by atoms with Crippen molar-refractivity contribution >= 4 is 17.7 Å². The monoisotopic (exact) mass is 461 g/mol. The lowest BCUT2D eigenvalue weighted by molar-refractivity contribution is -0.136. The minimum atomic E-state index is -0.728. The van der Waals surface area contributed by atoms with Crippen LogP contribution in [-0.2, 0) is 14.9 Å². The van der Waals surface area contributed by atoms with Gasteiger partial charge in [-0.05, 0) is 58.2 Å². The molecule has 2 heterocycles. The molecule has 0 aliphatic carbocycles. The second kappa shape index (κ2) is 9.09. The van der Waals surface area contributed by atoms with Gasteiger partial charge in [-0.3, -0.25) is 4.79 Å². The van der Waals surface area contributed by atoms with Crippen molar-refractivity contribution in [1.29, 1.82) is 0 Å². The molecule has 0 radical (unpaired) electrons. The molecule has 0 saturated heterocycles. The molecule has 1 atom stereocenters. The molecule has 1 aromatic heterocycles. The fourth-order valence-electron chi connectivity index (χ4n) is 3.89. The van der Waals surface area contributed by atoms with Crippen LogP contribution in [-0.4, -0.2) is 45.7 Å². The largest absolute Gasteiger partial charge is 0.494 e. The summed E-state index contributed by atoms with van der Waals surface area (Å²) >= 11 is 0. The smallest absolute Gasteiger partial charge is 0.355 e. The van der Waals surface area contributed by atoms with E-state index in [1.54, 1.807) is 24.3 Å². The van der Waals surface area contributed by atoms with Gasteiger partial charge in [0.05, 0.1) is 19.3 Å². The summed E-state index contributed by atoms with van der Waals surface area (Å²) < 4.78 is 12.0. The summed E-state index contributed by atoms with van der Waals surface area (Å²) in [5.41, 5.74) is 2.46.